The zero-order valence-corrected chi connectivity index (χ0v) is 12.0. The SMILES string of the molecule is NCCCC1CCCN1C1CCOC2(CCOC2)C1. The van der Waals surface area contributed by atoms with E-state index in [2.05, 4.69) is 4.90 Å². The van der Waals surface area contributed by atoms with Crippen LogP contribution in [-0.4, -0.2) is 55.5 Å². The van der Waals surface area contributed by atoms with Crippen molar-refractivity contribution in [2.24, 2.45) is 5.73 Å². The molecule has 3 heterocycles. The molecular weight excluding hydrogens is 240 g/mol. The van der Waals surface area contributed by atoms with Crippen molar-refractivity contribution in [1.29, 1.82) is 0 Å². The van der Waals surface area contributed by atoms with Crippen molar-refractivity contribution in [1.82, 2.24) is 4.90 Å². The minimum absolute atomic E-state index is 0.0456. The second-order valence-electron chi connectivity index (χ2n) is 6.45. The largest absolute Gasteiger partial charge is 0.378 e. The maximum Gasteiger partial charge on any atom is 0.0951 e. The van der Waals surface area contributed by atoms with Gasteiger partial charge in [0.15, 0.2) is 0 Å². The Hall–Kier alpha value is -0.160. The summed E-state index contributed by atoms with van der Waals surface area (Å²) in [6.07, 6.45) is 8.62. The van der Waals surface area contributed by atoms with Crippen LogP contribution in [0.4, 0.5) is 0 Å². The van der Waals surface area contributed by atoms with Gasteiger partial charge in [0.05, 0.1) is 12.2 Å². The first kappa shape index (κ1) is 13.8. The third-order valence-electron chi connectivity index (χ3n) is 5.17. The van der Waals surface area contributed by atoms with Gasteiger partial charge < -0.3 is 15.2 Å². The normalized spacial score (nSPS) is 40.3. The molecule has 0 bridgehead atoms. The third-order valence-corrected chi connectivity index (χ3v) is 5.17. The fourth-order valence-corrected chi connectivity index (χ4v) is 4.15. The minimum Gasteiger partial charge on any atom is -0.378 e. The standard InChI is InChI=1S/C15H28N2O2/c16-7-1-3-13-4-2-8-17(13)14-5-9-19-15(11-14)6-10-18-12-15/h13-14H,1-12,16H2. The van der Waals surface area contributed by atoms with Gasteiger partial charge in [-0.15, -0.1) is 0 Å². The lowest BCUT2D eigenvalue weighted by molar-refractivity contribution is -0.108. The van der Waals surface area contributed by atoms with Gasteiger partial charge in [0.25, 0.3) is 0 Å². The Morgan fingerprint density at radius 2 is 2.21 bits per heavy atom. The van der Waals surface area contributed by atoms with E-state index in [9.17, 15) is 0 Å². The highest BCUT2D eigenvalue weighted by Gasteiger charge is 2.44. The molecule has 110 valence electrons. The smallest absolute Gasteiger partial charge is 0.0951 e. The second-order valence-corrected chi connectivity index (χ2v) is 6.45. The van der Waals surface area contributed by atoms with E-state index >= 15 is 0 Å². The Morgan fingerprint density at radius 1 is 1.26 bits per heavy atom. The van der Waals surface area contributed by atoms with Crippen molar-refractivity contribution < 1.29 is 9.47 Å². The lowest BCUT2D eigenvalue weighted by atomic mass is 9.88. The van der Waals surface area contributed by atoms with Gasteiger partial charge in [0.2, 0.25) is 0 Å². The van der Waals surface area contributed by atoms with Gasteiger partial charge in [-0.25, -0.2) is 0 Å². The fraction of sp³-hybridized carbons (Fsp3) is 1.00. The van der Waals surface area contributed by atoms with Gasteiger partial charge in [-0.2, -0.15) is 0 Å². The summed E-state index contributed by atoms with van der Waals surface area (Å²) in [6.45, 7) is 4.70. The molecule has 3 atom stereocenters. The fourth-order valence-electron chi connectivity index (χ4n) is 4.15. The zero-order chi connectivity index (χ0) is 13.1. The van der Waals surface area contributed by atoms with Crippen molar-refractivity contribution in [2.45, 2.75) is 62.6 Å². The lowest BCUT2D eigenvalue weighted by Gasteiger charge is -2.43. The number of nitrogens with two attached hydrogens (primary N) is 1. The highest BCUT2D eigenvalue weighted by molar-refractivity contribution is 4.96. The highest BCUT2D eigenvalue weighted by atomic mass is 16.6. The molecule has 3 saturated heterocycles. The predicted octanol–water partition coefficient (Wildman–Crippen LogP) is 1.53. The van der Waals surface area contributed by atoms with Crippen LogP contribution in [0.1, 0.15) is 44.9 Å². The number of nitrogens with zero attached hydrogens (tertiary/aromatic N) is 1. The number of rotatable bonds is 4. The van der Waals surface area contributed by atoms with Crippen LogP contribution in [0.3, 0.4) is 0 Å². The topological polar surface area (TPSA) is 47.7 Å². The second kappa shape index (κ2) is 6.08. The molecule has 0 aromatic rings. The van der Waals surface area contributed by atoms with Crippen LogP contribution in [0.25, 0.3) is 0 Å². The molecule has 3 aliphatic heterocycles. The summed E-state index contributed by atoms with van der Waals surface area (Å²) in [6, 6.07) is 1.48. The molecule has 3 fully saturated rings. The van der Waals surface area contributed by atoms with Crippen LogP contribution in [0, 0.1) is 0 Å². The molecule has 0 aromatic carbocycles. The maximum atomic E-state index is 6.06. The van der Waals surface area contributed by atoms with Gasteiger partial charge >= 0.3 is 0 Å². The number of hydrogen-bond acceptors (Lipinski definition) is 4. The quantitative estimate of drug-likeness (QED) is 0.840. The van der Waals surface area contributed by atoms with Gasteiger partial charge in [-0.3, -0.25) is 4.90 Å². The van der Waals surface area contributed by atoms with Crippen LogP contribution in [0.2, 0.25) is 0 Å². The molecule has 3 aliphatic rings. The van der Waals surface area contributed by atoms with Crippen LogP contribution < -0.4 is 5.73 Å². The van der Waals surface area contributed by atoms with Crippen LogP contribution in [0.15, 0.2) is 0 Å². The van der Waals surface area contributed by atoms with E-state index in [1.165, 1.54) is 45.1 Å². The molecule has 3 rings (SSSR count). The number of ether oxygens (including phenoxy) is 2. The van der Waals surface area contributed by atoms with Crippen LogP contribution in [-0.2, 0) is 9.47 Å². The Balaban J connectivity index is 1.60. The number of hydrogen-bond donors (Lipinski definition) is 1. The third kappa shape index (κ3) is 2.97. The Labute approximate surface area is 116 Å². The van der Waals surface area contributed by atoms with Crippen molar-refractivity contribution in [3.05, 3.63) is 0 Å². The molecule has 0 saturated carbocycles. The van der Waals surface area contributed by atoms with Crippen LogP contribution >= 0.6 is 0 Å². The van der Waals surface area contributed by atoms with E-state index in [0.717, 1.165) is 38.8 Å². The summed E-state index contributed by atoms with van der Waals surface area (Å²) >= 11 is 0. The molecule has 0 amide bonds. The molecule has 3 unspecified atom stereocenters. The summed E-state index contributed by atoms with van der Waals surface area (Å²) in [4.78, 5) is 2.76. The van der Waals surface area contributed by atoms with E-state index in [0.29, 0.717) is 6.04 Å². The van der Waals surface area contributed by atoms with Crippen molar-refractivity contribution >= 4 is 0 Å². The molecule has 19 heavy (non-hydrogen) atoms. The molecule has 1 spiro atoms. The Bertz CT molecular complexity index is 292. The first-order valence-corrected chi connectivity index (χ1v) is 8.00. The van der Waals surface area contributed by atoms with E-state index in [4.69, 9.17) is 15.2 Å². The van der Waals surface area contributed by atoms with Gasteiger partial charge in [-0.1, -0.05) is 0 Å². The molecule has 4 heteroatoms. The van der Waals surface area contributed by atoms with Crippen molar-refractivity contribution in [3.63, 3.8) is 0 Å². The number of likely N-dealkylation sites (tertiary alicyclic amines) is 1. The molecule has 2 N–H and O–H groups in total. The Kier molecular flexibility index (Phi) is 4.42. The zero-order valence-electron chi connectivity index (χ0n) is 12.0. The highest BCUT2D eigenvalue weighted by Crippen LogP contribution is 2.37. The lowest BCUT2D eigenvalue weighted by Crippen LogP contribution is -2.50. The van der Waals surface area contributed by atoms with Gasteiger partial charge in [-0.05, 0) is 51.6 Å². The van der Waals surface area contributed by atoms with E-state index < -0.39 is 0 Å². The van der Waals surface area contributed by atoms with E-state index in [1.54, 1.807) is 0 Å². The van der Waals surface area contributed by atoms with Crippen molar-refractivity contribution in [2.75, 3.05) is 32.9 Å². The van der Waals surface area contributed by atoms with E-state index in [-0.39, 0.29) is 5.60 Å². The first-order chi connectivity index (χ1) is 9.33. The summed E-state index contributed by atoms with van der Waals surface area (Å²) in [5.41, 5.74) is 5.72. The minimum atomic E-state index is 0.0456. The summed E-state index contributed by atoms with van der Waals surface area (Å²) in [5.74, 6) is 0. The molecule has 0 aliphatic carbocycles. The predicted molar refractivity (Wildman–Crippen MR) is 75.2 cm³/mol. The maximum absolute atomic E-state index is 6.06. The summed E-state index contributed by atoms with van der Waals surface area (Å²) in [7, 11) is 0. The first-order valence-electron chi connectivity index (χ1n) is 8.00. The van der Waals surface area contributed by atoms with Crippen molar-refractivity contribution in [3.8, 4) is 0 Å². The Morgan fingerprint density at radius 3 is 3.00 bits per heavy atom. The average molecular weight is 268 g/mol. The van der Waals surface area contributed by atoms with Gasteiger partial charge in [0, 0.05) is 31.7 Å². The molecular formula is C15H28N2O2. The molecule has 4 nitrogen and oxygen atoms in total. The molecule has 0 radical (unpaired) electrons. The summed E-state index contributed by atoms with van der Waals surface area (Å²) in [5, 5.41) is 0. The van der Waals surface area contributed by atoms with E-state index in [1.807, 2.05) is 0 Å². The van der Waals surface area contributed by atoms with Crippen LogP contribution in [0.5, 0.6) is 0 Å². The van der Waals surface area contributed by atoms with Gasteiger partial charge in [0.1, 0.15) is 0 Å². The molecule has 0 aromatic heterocycles. The average Bonchev–Trinajstić information content (AvgIpc) is 3.06. The summed E-state index contributed by atoms with van der Waals surface area (Å²) < 4.78 is 11.6. The monoisotopic (exact) mass is 268 g/mol.